The molecule has 0 saturated heterocycles. The van der Waals surface area contributed by atoms with Crippen molar-refractivity contribution < 1.29 is 19.8 Å². The largest absolute Gasteiger partial charge is 2.00 e. The maximum atomic E-state index is 10.4. The number of aliphatic carboxylic acids is 1. The third kappa shape index (κ3) is 37.7. The Kier molecular flexibility index (Phi) is 41.2. The topological polar surface area (TPSA) is 80.3 Å². The van der Waals surface area contributed by atoms with Crippen molar-refractivity contribution in [3.63, 3.8) is 0 Å². The van der Waals surface area contributed by atoms with Gasteiger partial charge in [-0.2, -0.15) is 0 Å². The van der Waals surface area contributed by atoms with E-state index in [1.165, 1.54) is 56.9 Å². The minimum absolute atomic E-state index is 0. The van der Waals surface area contributed by atoms with E-state index in [9.17, 15) is 19.8 Å². The first kappa shape index (κ1) is 41.1. The van der Waals surface area contributed by atoms with E-state index in [1.807, 2.05) is 12.1 Å². The zero-order chi connectivity index (χ0) is 26.5. The van der Waals surface area contributed by atoms with Crippen molar-refractivity contribution in [3.05, 3.63) is 49.2 Å². The quantitative estimate of drug-likeness (QED) is 0.171. The molecule has 0 fully saturated rings. The van der Waals surface area contributed by atoms with E-state index < -0.39 is 11.9 Å². The fourth-order valence-corrected chi connectivity index (χ4v) is 2.59. The number of hydrogen-bond donors (Lipinski definition) is 0. The first-order valence-corrected chi connectivity index (χ1v) is 13.4. The van der Waals surface area contributed by atoms with Gasteiger partial charge in [-0.1, -0.05) is 143 Å². The molecule has 35 heavy (non-hydrogen) atoms. The fourth-order valence-electron chi connectivity index (χ4n) is 2.59. The van der Waals surface area contributed by atoms with Crippen LogP contribution in [-0.4, -0.2) is 35.8 Å². The molecule has 5 heteroatoms. The number of aryl methyl sites for hydroxylation is 1. The van der Waals surface area contributed by atoms with Gasteiger partial charge in [-0.05, 0) is 36.8 Å². The van der Waals surface area contributed by atoms with Gasteiger partial charge in [0, 0.05) is 5.97 Å². The molecule has 200 valence electrons. The van der Waals surface area contributed by atoms with Crippen molar-refractivity contribution in [1.82, 2.24) is 0 Å². The van der Waals surface area contributed by atoms with E-state index in [2.05, 4.69) is 41.5 Å². The second kappa shape index (κ2) is 35.1. The number of aromatic carboxylic acids is 1. The van der Waals surface area contributed by atoms with Gasteiger partial charge >= 0.3 is 23.9 Å². The Balaban J connectivity index is -0.000000206. The van der Waals surface area contributed by atoms with E-state index in [1.54, 1.807) is 12.1 Å². The molecule has 0 aliphatic carbocycles. The summed E-state index contributed by atoms with van der Waals surface area (Å²) in [7, 11) is 0. The molecule has 0 N–H and O–H groups in total. The van der Waals surface area contributed by atoms with E-state index in [0.29, 0.717) is 0 Å². The van der Waals surface area contributed by atoms with Crippen molar-refractivity contribution >= 4 is 35.8 Å². The minimum atomic E-state index is -1.11. The molecule has 0 saturated carbocycles. The summed E-state index contributed by atoms with van der Waals surface area (Å²) in [4.78, 5) is 20.5. The Labute approximate surface area is 234 Å². The molecule has 0 aliphatic heterocycles. The molecule has 4 radical (unpaired) electrons. The van der Waals surface area contributed by atoms with E-state index >= 15 is 0 Å². The van der Waals surface area contributed by atoms with Crippen LogP contribution < -0.4 is 10.2 Å². The first-order chi connectivity index (χ1) is 16.3. The number of hydrogen-bond acceptors (Lipinski definition) is 4. The Bertz CT molecular complexity index is 536. The minimum Gasteiger partial charge on any atom is -0.550 e. The molecule has 1 rings (SSSR count). The van der Waals surface area contributed by atoms with E-state index in [-0.39, 0.29) is 35.9 Å². The summed E-state index contributed by atoms with van der Waals surface area (Å²) in [6, 6.07) is 6.89. The zero-order valence-corrected chi connectivity index (χ0v) is 26.0. The number of carbonyl (C=O) groups excluding carboxylic acids is 2. The Hall–Kier alpha value is -1.04. The van der Waals surface area contributed by atoms with Crippen LogP contribution in [0.2, 0.25) is 0 Å². The standard InChI is InChI=1S/C11H14O2.C11H22O2.2C4H9.Sn/c1-2-3-4-9-5-7-10(8-6-9)11(12)13;1-2-3-4-5-6-7-8-9-10-11(12)13;2*1-3-4-2;/h5-8H,2-4H2,1H3,(H,12,13);2-10H2,1H3,(H,12,13);2*1,3-4H2,2H3;/q;;;;+2/p-2. The normalized spacial score (nSPS) is 9.20. The summed E-state index contributed by atoms with van der Waals surface area (Å²) in [5.74, 6) is -2.02. The Morgan fingerprint density at radius 1 is 0.657 bits per heavy atom. The summed E-state index contributed by atoms with van der Waals surface area (Å²) >= 11 is 0. The van der Waals surface area contributed by atoms with Crippen LogP contribution in [0.1, 0.15) is 140 Å². The molecule has 0 spiro atoms. The maximum absolute atomic E-state index is 10.4. The van der Waals surface area contributed by atoms with Gasteiger partial charge in [-0.25, -0.2) is 0 Å². The second-order valence-corrected chi connectivity index (χ2v) is 8.39. The van der Waals surface area contributed by atoms with Crippen LogP contribution in [0.15, 0.2) is 24.3 Å². The van der Waals surface area contributed by atoms with Crippen LogP contribution >= 0.6 is 0 Å². The number of rotatable bonds is 15. The molecular formula is C30H52O4Sn. The Morgan fingerprint density at radius 2 is 1.06 bits per heavy atom. The first-order valence-electron chi connectivity index (χ1n) is 13.4. The molecule has 0 atom stereocenters. The number of carboxylic acid groups (broad SMARTS) is 2. The Morgan fingerprint density at radius 3 is 1.40 bits per heavy atom. The third-order valence-corrected chi connectivity index (χ3v) is 4.95. The number of benzene rings is 1. The average Bonchev–Trinajstić information content (AvgIpc) is 2.85. The maximum Gasteiger partial charge on any atom is 2.00 e. The average molecular weight is 595 g/mol. The molecule has 0 bridgehead atoms. The van der Waals surface area contributed by atoms with Crippen LogP contribution in [0.3, 0.4) is 0 Å². The van der Waals surface area contributed by atoms with Gasteiger partial charge in [0.25, 0.3) is 0 Å². The fraction of sp³-hybridized carbons (Fsp3) is 0.667. The second-order valence-electron chi connectivity index (χ2n) is 8.39. The molecule has 0 aromatic heterocycles. The number of carbonyl (C=O) groups is 2. The van der Waals surface area contributed by atoms with Crippen LogP contribution in [-0.2, 0) is 11.2 Å². The third-order valence-electron chi connectivity index (χ3n) is 4.95. The molecule has 1 aromatic carbocycles. The van der Waals surface area contributed by atoms with Crippen molar-refractivity contribution in [2.24, 2.45) is 0 Å². The van der Waals surface area contributed by atoms with Gasteiger partial charge in [-0.3, -0.25) is 0 Å². The van der Waals surface area contributed by atoms with Crippen molar-refractivity contribution in [3.8, 4) is 0 Å². The van der Waals surface area contributed by atoms with Crippen LogP contribution in [0.4, 0.5) is 0 Å². The van der Waals surface area contributed by atoms with E-state index in [4.69, 9.17) is 0 Å². The molecule has 0 aliphatic rings. The summed E-state index contributed by atoms with van der Waals surface area (Å²) in [6.45, 7) is 15.8. The van der Waals surface area contributed by atoms with Gasteiger partial charge < -0.3 is 19.8 Å². The van der Waals surface area contributed by atoms with Gasteiger partial charge in [0.05, 0.1) is 5.97 Å². The monoisotopic (exact) mass is 596 g/mol. The summed E-state index contributed by atoms with van der Waals surface area (Å²) in [6.07, 6.45) is 17.6. The molecule has 0 unspecified atom stereocenters. The summed E-state index contributed by atoms with van der Waals surface area (Å²) in [5, 5.41) is 20.5. The predicted octanol–water partition coefficient (Wildman–Crippen LogP) is 6.52. The molecule has 4 nitrogen and oxygen atoms in total. The van der Waals surface area contributed by atoms with Gasteiger partial charge in [0.15, 0.2) is 0 Å². The summed E-state index contributed by atoms with van der Waals surface area (Å²) in [5.41, 5.74) is 1.44. The van der Waals surface area contributed by atoms with Crippen LogP contribution in [0.5, 0.6) is 0 Å². The SMILES string of the molecule is CCCCCCCCCCC(=O)[O-].CCCCc1ccc(C(=O)[O-])cc1.[CH2]CCC.[CH2]CCC.[Sn+2]. The predicted molar refractivity (Wildman–Crippen MR) is 148 cm³/mol. The van der Waals surface area contributed by atoms with E-state index in [0.717, 1.165) is 44.9 Å². The smallest absolute Gasteiger partial charge is 0.550 e. The molecule has 1 aromatic rings. The van der Waals surface area contributed by atoms with Gasteiger partial charge in [-0.15, -0.1) is 0 Å². The van der Waals surface area contributed by atoms with Crippen molar-refractivity contribution in [2.45, 2.75) is 130 Å². The van der Waals surface area contributed by atoms with Crippen LogP contribution in [0, 0.1) is 13.8 Å². The van der Waals surface area contributed by atoms with Crippen LogP contribution in [0.25, 0.3) is 0 Å². The van der Waals surface area contributed by atoms with Gasteiger partial charge in [0.1, 0.15) is 0 Å². The van der Waals surface area contributed by atoms with Gasteiger partial charge in [0.2, 0.25) is 0 Å². The molecule has 0 amide bonds. The number of unbranched alkanes of at least 4 members (excludes halogenated alkanes) is 10. The molecule has 0 heterocycles. The van der Waals surface area contributed by atoms with Crippen molar-refractivity contribution in [2.75, 3.05) is 0 Å². The zero-order valence-electron chi connectivity index (χ0n) is 23.2. The van der Waals surface area contributed by atoms with Crippen molar-refractivity contribution in [1.29, 1.82) is 0 Å². The molecular weight excluding hydrogens is 543 g/mol. The number of carboxylic acids is 2. The summed E-state index contributed by atoms with van der Waals surface area (Å²) < 4.78 is 0.